The first kappa shape index (κ1) is 16.5. The molecule has 0 aliphatic rings. The van der Waals surface area contributed by atoms with Crippen LogP contribution in [-0.2, 0) is 11.3 Å². The predicted octanol–water partition coefficient (Wildman–Crippen LogP) is 2.69. The van der Waals surface area contributed by atoms with Gasteiger partial charge in [0, 0.05) is 19.5 Å². The molecule has 2 N–H and O–H groups in total. The Morgan fingerprint density at radius 1 is 1.17 bits per heavy atom. The highest BCUT2D eigenvalue weighted by molar-refractivity contribution is 5.92. The standard InChI is InChI=1S/C18H19N3O2/c1-23-16-8-6-14(7-9-16)13-20-11-10-18(22)21-17-5-3-2-4-15(17)12-19/h2-9,20H,10-11,13H2,1H3,(H,21,22). The lowest BCUT2D eigenvalue weighted by Gasteiger charge is -2.08. The third-order valence-electron chi connectivity index (χ3n) is 3.34. The molecule has 0 aliphatic heterocycles. The van der Waals surface area contributed by atoms with Gasteiger partial charge in [-0.25, -0.2) is 0 Å². The summed E-state index contributed by atoms with van der Waals surface area (Å²) in [6.07, 6.45) is 0.343. The van der Waals surface area contributed by atoms with Crippen LogP contribution in [0.3, 0.4) is 0 Å². The number of nitriles is 1. The third kappa shape index (κ3) is 5.13. The molecule has 0 unspecified atom stereocenters. The first-order valence-electron chi connectivity index (χ1n) is 7.35. The minimum Gasteiger partial charge on any atom is -0.497 e. The topological polar surface area (TPSA) is 74.2 Å². The van der Waals surface area contributed by atoms with Gasteiger partial charge >= 0.3 is 0 Å². The average molecular weight is 309 g/mol. The van der Waals surface area contributed by atoms with Gasteiger partial charge in [-0.15, -0.1) is 0 Å². The number of anilines is 1. The fourth-order valence-electron chi connectivity index (χ4n) is 2.08. The zero-order chi connectivity index (χ0) is 16.5. The van der Waals surface area contributed by atoms with Crippen molar-refractivity contribution < 1.29 is 9.53 Å². The van der Waals surface area contributed by atoms with Gasteiger partial charge in [0.15, 0.2) is 0 Å². The molecule has 118 valence electrons. The molecule has 2 aromatic carbocycles. The van der Waals surface area contributed by atoms with E-state index in [2.05, 4.69) is 16.7 Å². The van der Waals surface area contributed by atoms with E-state index in [0.29, 0.717) is 30.8 Å². The van der Waals surface area contributed by atoms with Crippen molar-refractivity contribution in [3.63, 3.8) is 0 Å². The zero-order valence-corrected chi connectivity index (χ0v) is 13.0. The maximum Gasteiger partial charge on any atom is 0.225 e. The third-order valence-corrected chi connectivity index (χ3v) is 3.34. The first-order valence-corrected chi connectivity index (χ1v) is 7.35. The molecule has 0 radical (unpaired) electrons. The molecule has 2 aromatic rings. The monoisotopic (exact) mass is 309 g/mol. The van der Waals surface area contributed by atoms with Crippen molar-refractivity contribution in [1.82, 2.24) is 5.32 Å². The largest absolute Gasteiger partial charge is 0.497 e. The van der Waals surface area contributed by atoms with Crippen molar-refractivity contribution in [3.8, 4) is 11.8 Å². The second kappa shape index (κ2) is 8.57. The van der Waals surface area contributed by atoms with Gasteiger partial charge in [-0.3, -0.25) is 4.79 Å². The Kier molecular flexibility index (Phi) is 6.16. The van der Waals surface area contributed by atoms with E-state index in [4.69, 9.17) is 10.00 Å². The lowest BCUT2D eigenvalue weighted by molar-refractivity contribution is -0.116. The predicted molar refractivity (Wildman–Crippen MR) is 89.1 cm³/mol. The molecular formula is C18H19N3O2. The van der Waals surface area contributed by atoms with Gasteiger partial charge in [-0.2, -0.15) is 5.26 Å². The molecule has 0 aliphatic carbocycles. The van der Waals surface area contributed by atoms with E-state index < -0.39 is 0 Å². The Morgan fingerprint density at radius 2 is 1.91 bits per heavy atom. The summed E-state index contributed by atoms with van der Waals surface area (Å²) in [5, 5.41) is 15.0. The fourth-order valence-corrected chi connectivity index (χ4v) is 2.08. The summed E-state index contributed by atoms with van der Waals surface area (Å²) in [4.78, 5) is 11.9. The van der Waals surface area contributed by atoms with Crippen molar-refractivity contribution in [3.05, 3.63) is 59.7 Å². The van der Waals surface area contributed by atoms with E-state index in [1.807, 2.05) is 24.3 Å². The number of amides is 1. The van der Waals surface area contributed by atoms with Gasteiger partial charge in [0.1, 0.15) is 11.8 Å². The van der Waals surface area contributed by atoms with Crippen LogP contribution in [-0.4, -0.2) is 19.6 Å². The molecule has 0 saturated carbocycles. The van der Waals surface area contributed by atoms with Gasteiger partial charge in [0.25, 0.3) is 0 Å². The summed E-state index contributed by atoms with van der Waals surface area (Å²) in [6, 6.07) is 16.8. The van der Waals surface area contributed by atoms with E-state index in [9.17, 15) is 4.79 Å². The Bertz CT molecular complexity index is 690. The minimum atomic E-state index is -0.116. The van der Waals surface area contributed by atoms with E-state index in [1.54, 1.807) is 31.4 Å². The molecule has 0 bridgehead atoms. The summed E-state index contributed by atoms with van der Waals surface area (Å²) in [5.41, 5.74) is 2.14. The number of benzene rings is 2. The van der Waals surface area contributed by atoms with Crippen LogP contribution in [0.2, 0.25) is 0 Å². The van der Waals surface area contributed by atoms with Crippen LogP contribution in [0.1, 0.15) is 17.5 Å². The van der Waals surface area contributed by atoms with Gasteiger partial charge in [0.05, 0.1) is 18.4 Å². The number of methoxy groups -OCH3 is 1. The minimum absolute atomic E-state index is 0.116. The van der Waals surface area contributed by atoms with Crippen molar-refractivity contribution in [2.75, 3.05) is 19.0 Å². The lowest BCUT2D eigenvalue weighted by atomic mass is 10.2. The molecular weight excluding hydrogens is 290 g/mol. The highest BCUT2D eigenvalue weighted by atomic mass is 16.5. The molecule has 0 heterocycles. The summed E-state index contributed by atoms with van der Waals surface area (Å²) in [5.74, 6) is 0.708. The normalized spacial score (nSPS) is 9.91. The fraction of sp³-hybridized carbons (Fsp3) is 0.222. The molecule has 0 spiro atoms. The van der Waals surface area contributed by atoms with Crippen LogP contribution in [0.4, 0.5) is 5.69 Å². The second-order valence-electron chi connectivity index (χ2n) is 4.98. The van der Waals surface area contributed by atoms with Crippen molar-refractivity contribution >= 4 is 11.6 Å². The van der Waals surface area contributed by atoms with Gasteiger partial charge < -0.3 is 15.4 Å². The van der Waals surface area contributed by atoms with Crippen molar-refractivity contribution in [2.45, 2.75) is 13.0 Å². The summed E-state index contributed by atoms with van der Waals surface area (Å²) >= 11 is 0. The maximum atomic E-state index is 11.9. The van der Waals surface area contributed by atoms with Crippen LogP contribution in [0, 0.1) is 11.3 Å². The van der Waals surface area contributed by atoms with Crippen molar-refractivity contribution in [1.29, 1.82) is 5.26 Å². The number of hydrogen-bond acceptors (Lipinski definition) is 4. The van der Waals surface area contributed by atoms with Crippen molar-refractivity contribution in [2.24, 2.45) is 0 Å². The molecule has 0 aromatic heterocycles. The number of rotatable bonds is 7. The number of carbonyl (C=O) groups excluding carboxylic acids is 1. The Labute approximate surface area is 135 Å². The van der Waals surface area contributed by atoms with E-state index in [0.717, 1.165) is 11.3 Å². The molecule has 0 saturated heterocycles. The Hall–Kier alpha value is -2.84. The van der Waals surface area contributed by atoms with Crippen LogP contribution in [0.25, 0.3) is 0 Å². The zero-order valence-electron chi connectivity index (χ0n) is 13.0. The Morgan fingerprint density at radius 3 is 2.61 bits per heavy atom. The number of nitrogens with zero attached hydrogens (tertiary/aromatic N) is 1. The van der Waals surface area contributed by atoms with Crippen LogP contribution < -0.4 is 15.4 Å². The average Bonchev–Trinajstić information content (AvgIpc) is 2.59. The number of carbonyl (C=O) groups is 1. The van der Waals surface area contributed by atoms with E-state index >= 15 is 0 Å². The quantitative estimate of drug-likeness (QED) is 0.771. The van der Waals surface area contributed by atoms with Crippen LogP contribution in [0.15, 0.2) is 48.5 Å². The second-order valence-corrected chi connectivity index (χ2v) is 4.98. The summed E-state index contributed by atoms with van der Waals surface area (Å²) in [6.45, 7) is 1.25. The Balaban J connectivity index is 1.73. The molecule has 0 atom stereocenters. The molecule has 1 amide bonds. The van der Waals surface area contributed by atoms with Gasteiger partial charge in [-0.05, 0) is 29.8 Å². The number of ether oxygens (including phenoxy) is 1. The number of hydrogen-bond donors (Lipinski definition) is 2. The molecule has 0 fully saturated rings. The SMILES string of the molecule is COc1ccc(CNCCC(=O)Nc2ccccc2C#N)cc1. The number of para-hydroxylation sites is 1. The lowest BCUT2D eigenvalue weighted by Crippen LogP contribution is -2.21. The highest BCUT2D eigenvalue weighted by Crippen LogP contribution is 2.13. The molecule has 5 nitrogen and oxygen atoms in total. The smallest absolute Gasteiger partial charge is 0.225 e. The van der Waals surface area contributed by atoms with E-state index in [-0.39, 0.29) is 5.91 Å². The molecule has 23 heavy (non-hydrogen) atoms. The molecule has 5 heteroatoms. The van der Waals surface area contributed by atoms with Gasteiger partial charge in [-0.1, -0.05) is 24.3 Å². The summed E-state index contributed by atoms with van der Waals surface area (Å²) in [7, 11) is 1.64. The van der Waals surface area contributed by atoms with Crippen LogP contribution >= 0.6 is 0 Å². The highest BCUT2D eigenvalue weighted by Gasteiger charge is 2.05. The van der Waals surface area contributed by atoms with Crippen LogP contribution in [0.5, 0.6) is 5.75 Å². The maximum absolute atomic E-state index is 11.9. The molecule has 2 rings (SSSR count). The van der Waals surface area contributed by atoms with E-state index in [1.165, 1.54) is 0 Å². The van der Waals surface area contributed by atoms with Gasteiger partial charge in [0.2, 0.25) is 5.91 Å². The first-order chi connectivity index (χ1) is 11.2. The summed E-state index contributed by atoms with van der Waals surface area (Å²) < 4.78 is 5.11. The number of nitrogens with one attached hydrogen (secondary N) is 2.